The van der Waals surface area contributed by atoms with E-state index in [9.17, 15) is 14.9 Å². The number of nitro benzene ring substituents is 1. The molecular formula is C18H17N3O3S. The van der Waals surface area contributed by atoms with Crippen LogP contribution in [0.1, 0.15) is 6.92 Å². The van der Waals surface area contributed by atoms with Crippen LogP contribution in [0.5, 0.6) is 0 Å². The van der Waals surface area contributed by atoms with Gasteiger partial charge in [-0.25, -0.2) is 0 Å². The molecule has 1 amide bonds. The maximum absolute atomic E-state index is 12.1. The van der Waals surface area contributed by atoms with Crippen LogP contribution in [-0.2, 0) is 11.3 Å². The van der Waals surface area contributed by atoms with Gasteiger partial charge >= 0.3 is 0 Å². The van der Waals surface area contributed by atoms with Gasteiger partial charge in [0.05, 0.1) is 10.7 Å². The number of hydrogen-bond acceptors (Lipinski definition) is 4. The topological polar surface area (TPSA) is 77.2 Å². The number of carbonyl (C=O) groups is 1. The van der Waals surface area contributed by atoms with Gasteiger partial charge in [-0.1, -0.05) is 18.2 Å². The maximum atomic E-state index is 12.1. The second-order valence-corrected chi connectivity index (χ2v) is 6.45. The largest absolute Gasteiger partial charge is 0.347 e. The van der Waals surface area contributed by atoms with Gasteiger partial charge in [0, 0.05) is 46.4 Å². The minimum Gasteiger partial charge on any atom is -0.347 e. The number of hydrogen-bond donors (Lipinski definition) is 1. The van der Waals surface area contributed by atoms with Crippen molar-refractivity contribution in [3.05, 3.63) is 64.8 Å². The fourth-order valence-electron chi connectivity index (χ4n) is 2.60. The molecule has 0 aliphatic heterocycles. The van der Waals surface area contributed by atoms with Crippen LogP contribution in [0.2, 0.25) is 0 Å². The first-order valence-corrected chi connectivity index (χ1v) is 8.82. The van der Waals surface area contributed by atoms with Gasteiger partial charge in [0.1, 0.15) is 0 Å². The first-order chi connectivity index (χ1) is 12.1. The standard InChI is InChI=1S/C18H17N3O3S/c1-2-20-11-17(15-5-3-4-6-16(15)20)25-12-18(22)19-13-7-9-14(10-8-13)21(23)24/h3-11H,2,12H2,1H3,(H,19,22). The summed E-state index contributed by atoms with van der Waals surface area (Å²) >= 11 is 1.48. The summed E-state index contributed by atoms with van der Waals surface area (Å²) < 4.78 is 2.16. The molecule has 0 spiro atoms. The van der Waals surface area contributed by atoms with Crippen molar-refractivity contribution >= 4 is 39.9 Å². The zero-order chi connectivity index (χ0) is 17.8. The Morgan fingerprint density at radius 2 is 1.92 bits per heavy atom. The van der Waals surface area contributed by atoms with Crippen LogP contribution in [0.15, 0.2) is 59.6 Å². The van der Waals surface area contributed by atoms with Gasteiger partial charge in [0.25, 0.3) is 5.69 Å². The van der Waals surface area contributed by atoms with Gasteiger partial charge in [0.15, 0.2) is 0 Å². The van der Waals surface area contributed by atoms with Crippen LogP contribution >= 0.6 is 11.8 Å². The first kappa shape index (κ1) is 17.0. The predicted molar refractivity (Wildman–Crippen MR) is 100 cm³/mol. The minimum absolute atomic E-state index is 0.000232. The van der Waals surface area contributed by atoms with E-state index < -0.39 is 4.92 Å². The number of non-ortho nitro benzene ring substituents is 1. The Morgan fingerprint density at radius 3 is 2.60 bits per heavy atom. The van der Waals surface area contributed by atoms with E-state index in [0.717, 1.165) is 22.3 Å². The fourth-order valence-corrected chi connectivity index (χ4v) is 3.49. The van der Waals surface area contributed by atoms with Crippen LogP contribution in [0.3, 0.4) is 0 Å². The highest BCUT2D eigenvalue weighted by Gasteiger charge is 2.11. The van der Waals surface area contributed by atoms with Crippen molar-refractivity contribution < 1.29 is 9.72 Å². The van der Waals surface area contributed by atoms with Crippen molar-refractivity contribution in [2.75, 3.05) is 11.1 Å². The normalized spacial score (nSPS) is 10.8. The Balaban J connectivity index is 1.65. The fraction of sp³-hybridized carbons (Fsp3) is 0.167. The molecule has 0 radical (unpaired) electrons. The van der Waals surface area contributed by atoms with E-state index >= 15 is 0 Å². The summed E-state index contributed by atoms with van der Waals surface area (Å²) in [7, 11) is 0. The summed E-state index contributed by atoms with van der Waals surface area (Å²) in [5, 5.41) is 14.5. The lowest BCUT2D eigenvalue weighted by atomic mass is 10.2. The van der Waals surface area contributed by atoms with E-state index in [4.69, 9.17) is 0 Å². The molecule has 7 heteroatoms. The molecule has 0 unspecified atom stereocenters. The van der Waals surface area contributed by atoms with Gasteiger partial charge in [0.2, 0.25) is 5.91 Å². The van der Waals surface area contributed by atoms with Crippen LogP contribution in [0, 0.1) is 10.1 Å². The smallest absolute Gasteiger partial charge is 0.269 e. The third-order valence-corrected chi connectivity index (χ3v) is 4.86. The number of anilines is 1. The number of rotatable bonds is 6. The summed E-state index contributed by atoms with van der Waals surface area (Å²) in [5.74, 6) is 0.126. The second-order valence-electron chi connectivity index (χ2n) is 5.44. The number of amides is 1. The van der Waals surface area contributed by atoms with Gasteiger partial charge < -0.3 is 9.88 Å². The quantitative estimate of drug-likeness (QED) is 0.406. The van der Waals surface area contributed by atoms with E-state index in [1.54, 1.807) is 0 Å². The Hall–Kier alpha value is -2.80. The number of fused-ring (bicyclic) bond motifs is 1. The molecule has 2 aromatic carbocycles. The number of nitrogens with one attached hydrogen (secondary N) is 1. The van der Waals surface area contributed by atoms with Crippen molar-refractivity contribution in [2.45, 2.75) is 18.4 Å². The van der Waals surface area contributed by atoms with Crippen molar-refractivity contribution in [1.82, 2.24) is 4.57 Å². The van der Waals surface area contributed by atoms with Gasteiger partial charge in [-0.15, -0.1) is 11.8 Å². The highest BCUT2D eigenvalue weighted by atomic mass is 32.2. The average molecular weight is 355 g/mol. The molecule has 1 N–H and O–H groups in total. The van der Waals surface area contributed by atoms with Crippen LogP contribution in [0.25, 0.3) is 10.9 Å². The molecule has 6 nitrogen and oxygen atoms in total. The average Bonchev–Trinajstić information content (AvgIpc) is 2.98. The molecule has 3 rings (SSSR count). The molecular weight excluding hydrogens is 338 g/mol. The molecule has 0 fully saturated rings. The molecule has 0 bridgehead atoms. The lowest BCUT2D eigenvalue weighted by Gasteiger charge is -2.04. The van der Waals surface area contributed by atoms with Gasteiger partial charge in [-0.2, -0.15) is 0 Å². The summed E-state index contributed by atoms with van der Waals surface area (Å²) in [6.45, 7) is 2.96. The summed E-state index contributed by atoms with van der Waals surface area (Å²) in [6.07, 6.45) is 2.06. The van der Waals surface area contributed by atoms with Crippen molar-refractivity contribution in [2.24, 2.45) is 0 Å². The van der Waals surface area contributed by atoms with E-state index in [-0.39, 0.29) is 17.3 Å². The van der Waals surface area contributed by atoms with Crippen molar-refractivity contribution in [1.29, 1.82) is 0 Å². The van der Waals surface area contributed by atoms with E-state index in [0.29, 0.717) is 5.69 Å². The van der Waals surface area contributed by atoms with Crippen LogP contribution < -0.4 is 5.32 Å². The number of para-hydroxylation sites is 1. The molecule has 128 valence electrons. The number of aryl methyl sites for hydroxylation is 1. The van der Waals surface area contributed by atoms with E-state index in [2.05, 4.69) is 35.1 Å². The number of nitro groups is 1. The third-order valence-electron chi connectivity index (χ3n) is 3.81. The zero-order valence-electron chi connectivity index (χ0n) is 13.6. The minimum atomic E-state index is -0.467. The van der Waals surface area contributed by atoms with Gasteiger partial charge in [-0.3, -0.25) is 14.9 Å². The summed E-state index contributed by atoms with van der Waals surface area (Å²) in [4.78, 5) is 23.4. The highest BCUT2D eigenvalue weighted by Crippen LogP contribution is 2.30. The molecule has 0 atom stereocenters. The molecule has 0 aliphatic carbocycles. The Bertz CT molecular complexity index is 919. The molecule has 3 aromatic rings. The van der Waals surface area contributed by atoms with Crippen LogP contribution in [-0.4, -0.2) is 21.2 Å². The Kier molecular flexibility index (Phi) is 5.04. The number of thioether (sulfide) groups is 1. The molecule has 0 aliphatic rings. The lowest BCUT2D eigenvalue weighted by Crippen LogP contribution is -2.13. The first-order valence-electron chi connectivity index (χ1n) is 7.83. The second kappa shape index (κ2) is 7.40. The van der Waals surface area contributed by atoms with Gasteiger partial charge in [-0.05, 0) is 25.1 Å². The zero-order valence-corrected chi connectivity index (χ0v) is 14.5. The number of aromatic nitrogens is 1. The van der Waals surface area contributed by atoms with Crippen molar-refractivity contribution in [3.8, 4) is 0 Å². The highest BCUT2D eigenvalue weighted by molar-refractivity contribution is 8.00. The van der Waals surface area contributed by atoms with Crippen LogP contribution in [0.4, 0.5) is 11.4 Å². The third kappa shape index (κ3) is 3.83. The molecule has 25 heavy (non-hydrogen) atoms. The summed E-state index contributed by atoms with van der Waals surface area (Å²) in [6, 6.07) is 13.9. The predicted octanol–water partition coefficient (Wildman–Crippen LogP) is 4.30. The Morgan fingerprint density at radius 1 is 1.20 bits per heavy atom. The molecule has 1 heterocycles. The molecule has 1 aromatic heterocycles. The molecule has 0 saturated heterocycles. The SMILES string of the molecule is CCn1cc(SCC(=O)Nc2ccc([N+](=O)[O-])cc2)c2ccccc21. The molecule has 0 saturated carbocycles. The lowest BCUT2D eigenvalue weighted by molar-refractivity contribution is -0.384. The maximum Gasteiger partial charge on any atom is 0.269 e. The van der Waals surface area contributed by atoms with E-state index in [1.807, 2.05) is 12.1 Å². The van der Waals surface area contributed by atoms with E-state index in [1.165, 1.54) is 36.0 Å². The number of nitrogens with zero attached hydrogens (tertiary/aromatic N) is 2. The van der Waals surface area contributed by atoms with Crippen molar-refractivity contribution in [3.63, 3.8) is 0 Å². The Labute approximate surface area is 149 Å². The summed E-state index contributed by atoms with van der Waals surface area (Å²) in [5.41, 5.74) is 1.70. The monoisotopic (exact) mass is 355 g/mol. The number of carbonyl (C=O) groups excluding carboxylic acids is 1. The number of benzene rings is 2.